The van der Waals surface area contributed by atoms with Crippen LogP contribution in [0.1, 0.15) is 5.69 Å². The summed E-state index contributed by atoms with van der Waals surface area (Å²) in [7, 11) is -3.30. The molecule has 3 aromatic rings. The van der Waals surface area contributed by atoms with Crippen LogP contribution >= 0.6 is 11.3 Å². The van der Waals surface area contributed by atoms with Crippen LogP contribution < -0.4 is 0 Å². The number of aliphatic hydroxyl groups excluding tert-OH is 1. The smallest absolute Gasteiger partial charge is 0.196 e. The van der Waals surface area contributed by atoms with Crippen molar-refractivity contribution in [3.8, 4) is 5.82 Å². The highest BCUT2D eigenvalue weighted by Crippen LogP contribution is 2.21. The first-order valence-electron chi connectivity index (χ1n) is 5.31. The molecule has 0 aliphatic heterocycles. The highest BCUT2D eigenvalue weighted by molar-refractivity contribution is 7.90. The maximum absolute atomic E-state index is 11.4. The quantitative estimate of drug-likeness (QED) is 0.759. The first kappa shape index (κ1) is 12.3. The van der Waals surface area contributed by atoms with E-state index in [2.05, 4.69) is 10.1 Å². The molecule has 0 bridgehead atoms. The Kier molecular flexibility index (Phi) is 2.69. The van der Waals surface area contributed by atoms with Crippen molar-refractivity contribution >= 4 is 26.1 Å². The Morgan fingerprint density at radius 2 is 2.26 bits per heavy atom. The molecule has 0 fully saturated rings. The molecule has 0 aliphatic rings. The van der Waals surface area contributed by atoms with Crippen LogP contribution in [0.25, 0.3) is 10.8 Å². The third-order valence-corrected chi connectivity index (χ3v) is 4.52. The van der Waals surface area contributed by atoms with Crippen LogP contribution in [0, 0.1) is 0 Å². The van der Waals surface area contributed by atoms with Crippen LogP contribution in [-0.2, 0) is 16.4 Å². The minimum absolute atomic E-state index is 0.118. The summed E-state index contributed by atoms with van der Waals surface area (Å²) in [5.74, 6) is 0.434. The predicted octanol–water partition coefficient (Wildman–Crippen LogP) is 0.477. The number of imidazole rings is 1. The third kappa shape index (κ3) is 1.95. The van der Waals surface area contributed by atoms with Crippen LogP contribution in [0.4, 0.5) is 0 Å². The summed E-state index contributed by atoms with van der Waals surface area (Å²) in [5, 5.41) is 15.3. The van der Waals surface area contributed by atoms with Gasteiger partial charge in [0, 0.05) is 17.8 Å². The van der Waals surface area contributed by atoms with Crippen molar-refractivity contribution < 1.29 is 13.5 Å². The van der Waals surface area contributed by atoms with E-state index in [-0.39, 0.29) is 11.5 Å². The number of thiazole rings is 1. The molecule has 0 radical (unpaired) electrons. The molecule has 0 aromatic carbocycles. The second kappa shape index (κ2) is 4.15. The molecule has 0 atom stereocenters. The third-order valence-electron chi connectivity index (χ3n) is 2.69. The minimum Gasteiger partial charge on any atom is -0.390 e. The number of aromatic nitrogens is 4. The lowest BCUT2D eigenvalue weighted by Crippen LogP contribution is -2.01. The van der Waals surface area contributed by atoms with Crippen molar-refractivity contribution in [1.82, 2.24) is 19.2 Å². The number of hydrogen-bond acceptors (Lipinski definition) is 6. The first-order chi connectivity index (χ1) is 9.00. The van der Waals surface area contributed by atoms with Gasteiger partial charge in [0.2, 0.25) is 0 Å². The van der Waals surface area contributed by atoms with Crippen LogP contribution in [0.2, 0.25) is 0 Å². The van der Waals surface area contributed by atoms with Crippen molar-refractivity contribution in [3.63, 3.8) is 0 Å². The van der Waals surface area contributed by atoms with Gasteiger partial charge in [-0.1, -0.05) is 0 Å². The molecule has 9 heteroatoms. The second-order valence-corrected chi connectivity index (χ2v) is 6.88. The molecule has 19 heavy (non-hydrogen) atoms. The SMILES string of the molecule is CS(=O)(=O)c1cnn(-c2nc3sccn3c2CO)c1. The average molecular weight is 298 g/mol. The molecule has 100 valence electrons. The second-order valence-electron chi connectivity index (χ2n) is 3.99. The fourth-order valence-corrected chi connectivity index (χ4v) is 3.02. The summed E-state index contributed by atoms with van der Waals surface area (Å²) < 4.78 is 26.0. The van der Waals surface area contributed by atoms with Crippen molar-refractivity contribution in [2.24, 2.45) is 0 Å². The van der Waals surface area contributed by atoms with E-state index < -0.39 is 9.84 Å². The number of sulfone groups is 1. The maximum Gasteiger partial charge on any atom is 0.196 e. The Morgan fingerprint density at radius 3 is 2.89 bits per heavy atom. The lowest BCUT2D eigenvalue weighted by molar-refractivity contribution is 0.275. The summed E-state index contributed by atoms with van der Waals surface area (Å²) in [6, 6.07) is 0. The van der Waals surface area contributed by atoms with Crippen LogP contribution in [0.3, 0.4) is 0 Å². The van der Waals surface area contributed by atoms with E-state index >= 15 is 0 Å². The highest BCUT2D eigenvalue weighted by Gasteiger charge is 2.17. The van der Waals surface area contributed by atoms with Gasteiger partial charge in [0.05, 0.1) is 24.7 Å². The molecule has 7 nitrogen and oxygen atoms in total. The molecule has 0 unspecified atom stereocenters. The van der Waals surface area contributed by atoms with E-state index in [9.17, 15) is 13.5 Å². The van der Waals surface area contributed by atoms with Crippen LogP contribution in [0.5, 0.6) is 0 Å². The molecule has 0 saturated heterocycles. The molecule has 0 saturated carbocycles. The van der Waals surface area contributed by atoms with E-state index in [1.165, 1.54) is 28.4 Å². The van der Waals surface area contributed by atoms with Crippen molar-refractivity contribution in [2.75, 3.05) is 6.26 Å². The van der Waals surface area contributed by atoms with Crippen molar-refractivity contribution in [3.05, 3.63) is 29.7 Å². The first-order valence-corrected chi connectivity index (χ1v) is 8.08. The fraction of sp³-hybridized carbons (Fsp3) is 0.200. The van der Waals surface area contributed by atoms with Gasteiger partial charge in [0.1, 0.15) is 4.90 Å². The summed E-state index contributed by atoms with van der Waals surface area (Å²) in [5.41, 5.74) is 0.569. The molecule has 3 rings (SSSR count). The largest absolute Gasteiger partial charge is 0.390 e. The standard InChI is InChI=1S/C10H10N4O3S2/c1-19(16,17)7-4-11-14(5-7)9-8(6-15)13-2-3-18-10(13)12-9/h2-5,15H,6H2,1H3. The van der Waals surface area contributed by atoms with Crippen molar-refractivity contribution in [1.29, 1.82) is 0 Å². The van der Waals surface area contributed by atoms with E-state index in [1.54, 1.807) is 10.6 Å². The van der Waals surface area contributed by atoms with Gasteiger partial charge in [-0.25, -0.2) is 13.1 Å². The topological polar surface area (TPSA) is 89.5 Å². The zero-order valence-corrected chi connectivity index (χ0v) is 11.5. The summed E-state index contributed by atoms with van der Waals surface area (Å²) >= 11 is 1.43. The average Bonchev–Trinajstić information content (AvgIpc) is 3.01. The summed E-state index contributed by atoms with van der Waals surface area (Å²) in [4.78, 5) is 5.17. The molecule has 3 heterocycles. The summed E-state index contributed by atoms with van der Waals surface area (Å²) in [6.07, 6.45) is 5.57. The fourth-order valence-electron chi connectivity index (χ4n) is 1.77. The van der Waals surface area contributed by atoms with Gasteiger partial charge in [-0.05, 0) is 0 Å². The molecule has 0 spiro atoms. The monoisotopic (exact) mass is 298 g/mol. The zero-order valence-electron chi connectivity index (χ0n) is 9.89. The Labute approximate surface area is 112 Å². The minimum atomic E-state index is -3.30. The van der Waals surface area contributed by atoms with E-state index in [0.29, 0.717) is 11.5 Å². The number of fused-ring (bicyclic) bond motifs is 1. The normalized spacial score (nSPS) is 12.3. The van der Waals surface area contributed by atoms with E-state index in [1.807, 2.05) is 5.38 Å². The van der Waals surface area contributed by atoms with Gasteiger partial charge in [-0.2, -0.15) is 10.1 Å². The van der Waals surface area contributed by atoms with Crippen LogP contribution in [-0.4, -0.2) is 38.9 Å². The Hall–Kier alpha value is -1.71. The molecular weight excluding hydrogens is 288 g/mol. The maximum atomic E-state index is 11.4. The lowest BCUT2D eigenvalue weighted by Gasteiger charge is -1.99. The van der Waals surface area contributed by atoms with Gasteiger partial charge in [-0.3, -0.25) is 4.40 Å². The van der Waals surface area contributed by atoms with Crippen molar-refractivity contribution in [2.45, 2.75) is 11.5 Å². The molecule has 1 N–H and O–H groups in total. The van der Waals surface area contributed by atoms with Gasteiger partial charge in [0.25, 0.3) is 0 Å². The number of rotatable bonds is 3. The van der Waals surface area contributed by atoms with Gasteiger partial charge < -0.3 is 5.11 Å². The highest BCUT2D eigenvalue weighted by atomic mass is 32.2. The van der Waals surface area contributed by atoms with Gasteiger partial charge >= 0.3 is 0 Å². The van der Waals surface area contributed by atoms with E-state index in [0.717, 1.165) is 11.2 Å². The Bertz CT molecular complexity index is 843. The summed E-state index contributed by atoms with van der Waals surface area (Å²) in [6.45, 7) is -0.207. The predicted molar refractivity (Wildman–Crippen MR) is 69.2 cm³/mol. The number of hydrogen-bond donors (Lipinski definition) is 1. The number of aliphatic hydroxyl groups is 1. The van der Waals surface area contributed by atoms with Gasteiger partial charge in [-0.15, -0.1) is 11.3 Å². The Morgan fingerprint density at radius 1 is 1.47 bits per heavy atom. The van der Waals surface area contributed by atoms with Crippen LogP contribution in [0.15, 0.2) is 28.9 Å². The molecular formula is C10H10N4O3S2. The molecule has 0 aliphatic carbocycles. The van der Waals surface area contributed by atoms with E-state index in [4.69, 9.17) is 0 Å². The zero-order chi connectivity index (χ0) is 13.6. The molecule has 3 aromatic heterocycles. The van der Waals surface area contributed by atoms with Gasteiger partial charge in [0.15, 0.2) is 20.6 Å². The Balaban J connectivity index is 2.19. The molecule has 0 amide bonds. The lowest BCUT2D eigenvalue weighted by atomic mass is 10.4. The number of nitrogens with zero attached hydrogens (tertiary/aromatic N) is 4.